The first-order chi connectivity index (χ1) is 12.6. The van der Waals surface area contributed by atoms with Crippen LogP contribution in [0.25, 0.3) is 11.1 Å². The lowest BCUT2D eigenvalue weighted by Crippen LogP contribution is -2.11. The molecule has 4 aromatic rings. The molecule has 0 aliphatic rings. The summed E-state index contributed by atoms with van der Waals surface area (Å²) in [6.45, 7) is 2.09. The standard InChI is InChI=1S/C21H17Cl2N3/c1-14-2-4-15(5-3-14)18-11-25-12-19(18)21(26-9-8-24-13-26)17-7-6-16(22)10-20(17)23/h2-13,21,25H,1H3. The highest BCUT2D eigenvalue weighted by Crippen LogP contribution is 2.38. The Labute approximate surface area is 162 Å². The summed E-state index contributed by atoms with van der Waals surface area (Å²) in [6.07, 6.45) is 9.57. The van der Waals surface area contributed by atoms with E-state index in [0.29, 0.717) is 10.0 Å². The summed E-state index contributed by atoms with van der Waals surface area (Å²) in [5, 5.41) is 1.25. The lowest BCUT2D eigenvalue weighted by Gasteiger charge is -2.21. The Hall–Kier alpha value is -2.49. The van der Waals surface area contributed by atoms with Crippen molar-refractivity contribution in [3.63, 3.8) is 0 Å². The van der Waals surface area contributed by atoms with E-state index in [1.165, 1.54) is 5.56 Å². The Kier molecular flexibility index (Phi) is 4.58. The van der Waals surface area contributed by atoms with Gasteiger partial charge in [0.2, 0.25) is 0 Å². The summed E-state index contributed by atoms with van der Waals surface area (Å²) >= 11 is 12.7. The van der Waals surface area contributed by atoms with Crippen molar-refractivity contribution in [1.82, 2.24) is 14.5 Å². The van der Waals surface area contributed by atoms with Gasteiger partial charge < -0.3 is 9.55 Å². The van der Waals surface area contributed by atoms with Crippen LogP contribution < -0.4 is 0 Å². The zero-order chi connectivity index (χ0) is 18.1. The zero-order valence-corrected chi connectivity index (χ0v) is 15.7. The van der Waals surface area contributed by atoms with E-state index in [4.69, 9.17) is 23.2 Å². The molecule has 1 N–H and O–H groups in total. The number of aromatic amines is 1. The molecule has 2 aromatic carbocycles. The first-order valence-corrected chi connectivity index (χ1v) is 9.05. The van der Waals surface area contributed by atoms with Crippen LogP contribution in [0.4, 0.5) is 0 Å². The van der Waals surface area contributed by atoms with Gasteiger partial charge in [0.15, 0.2) is 0 Å². The SMILES string of the molecule is Cc1ccc(-c2c[nH]cc2C(c2ccc(Cl)cc2Cl)n2ccnc2)cc1. The van der Waals surface area contributed by atoms with Gasteiger partial charge in [0.25, 0.3) is 0 Å². The molecule has 26 heavy (non-hydrogen) atoms. The van der Waals surface area contributed by atoms with Crippen molar-refractivity contribution in [1.29, 1.82) is 0 Å². The highest BCUT2D eigenvalue weighted by Gasteiger charge is 2.23. The molecule has 0 saturated heterocycles. The molecule has 0 aliphatic heterocycles. The Morgan fingerprint density at radius 3 is 2.50 bits per heavy atom. The number of aromatic nitrogens is 3. The minimum atomic E-state index is -0.107. The van der Waals surface area contributed by atoms with E-state index < -0.39 is 0 Å². The smallest absolute Gasteiger partial charge is 0.0954 e. The first kappa shape index (κ1) is 17.0. The number of hydrogen-bond donors (Lipinski definition) is 1. The maximum Gasteiger partial charge on any atom is 0.0954 e. The minimum absolute atomic E-state index is 0.107. The summed E-state index contributed by atoms with van der Waals surface area (Å²) in [4.78, 5) is 7.47. The molecular formula is C21H17Cl2N3. The molecular weight excluding hydrogens is 365 g/mol. The van der Waals surface area contributed by atoms with Crippen molar-refractivity contribution in [3.05, 3.63) is 100 Å². The fourth-order valence-electron chi connectivity index (χ4n) is 3.22. The van der Waals surface area contributed by atoms with Gasteiger partial charge in [0, 0.05) is 46.0 Å². The molecule has 2 aromatic heterocycles. The second kappa shape index (κ2) is 7.02. The third-order valence-corrected chi connectivity index (χ3v) is 5.08. The van der Waals surface area contributed by atoms with Crippen LogP contribution in [0, 0.1) is 6.92 Å². The normalized spacial score (nSPS) is 12.3. The monoisotopic (exact) mass is 381 g/mol. The van der Waals surface area contributed by atoms with Gasteiger partial charge in [-0.3, -0.25) is 0 Å². The second-order valence-corrected chi connectivity index (χ2v) is 7.11. The van der Waals surface area contributed by atoms with Crippen LogP contribution in [-0.4, -0.2) is 14.5 Å². The predicted molar refractivity (Wildman–Crippen MR) is 107 cm³/mol. The highest BCUT2D eigenvalue weighted by atomic mass is 35.5. The number of H-pyrrole nitrogens is 1. The fraction of sp³-hybridized carbons (Fsp3) is 0.0952. The van der Waals surface area contributed by atoms with E-state index in [2.05, 4.69) is 45.7 Å². The number of aryl methyl sites for hydroxylation is 1. The number of rotatable bonds is 4. The summed E-state index contributed by atoms with van der Waals surface area (Å²) in [6, 6.07) is 14.0. The average Bonchev–Trinajstić information content (AvgIpc) is 3.30. The van der Waals surface area contributed by atoms with Gasteiger partial charge in [-0.15, -0.1) is 0 Å². The van der Waals surface area contributed by atoms with Crippen molar-refractivity contribution in [3.8, 4) is 11.1 Å². The van der Waals surface area contributed by atoms with Crippen LogP contribution in [0.3, 0.4) is 0 Å². The third kappa shape index (κ3) is 3.16. The minimum Gasteiger partial charge on any atom is -0.367 e. The van der Waals surface area contributed by atoms with Gasteiger partial charge in [-0.05, 0) is 30.2 Å². The van der Waals surface area contributed by atoms with E-state index in [9.17, 15) is 0 Å². The van der Waals surface area contributed by atoms with Crippen molar-refractivity contribution in [2.75, 3.05) is 0 Å². The first-order valence-electron chi connectivity index (χ1n) is 8.29. The fourth-order valence-corrected chi connectivity index (χ4v) is 3.73. The molecule has 4 rings (SSSR count). The molecule has 5 heteroatoms. The number of halogens is 2. The van der Waals surface area contributed by atoms with Crippen LogP contribution in [-0.2, 0) is 0 Å². The lowest BCUT2D eigenvalue weighted by atomic mass is 9.94. The number of nitrogens with one attached hydrogen (secondary N) is 1. The molecule has 0 amide bonds. The predicted octanol–water partition coefficient (Wildman–Crippen LogP) is 6.13. The summed E-state index contributed by atoms with van der Waals surface area (Å²) < 4.78 is 2.05. The average molecular weight is 382 g/mol. The molecule has 130 valence electrons. The number of nitrogens with zero attached hydrogens (tertiary/aromatic N) is 2. The van der Waals surface area contributed by atoms with Gasteiger partial charge in [-0.1, -0.05) is 59.1 Å². The molecule has 0 spiro atoms. The van der Waals surface area contributed by atoms with Crippen LogP contribution >= 0.6 is 23.2 Å². The molecule has 0 bridgehead atoms. The Morgan fingerprint density at radius 2 is 1.81 bits per heavy atom. The van der Waals surface area contributed by atoms with E-state index in [1.54, 1.807) is 12.3 Å². The van der Waals surface area contributed by atoms with Gasteiger partial charge in [-0.25, -0.2) is 4.98 Å². The Balaban J connectivity index is 1.89. The van der Waals surface area contributed by atoms with Crippen molar-refractivity contribution in [2.24, 2.45) is 0 Å². The Bertz CT molecular complexity index is 1020. The van der Waals surface area contributed by atoms with Crippen molar-refractivity contribution >= 4 is 23.2 Å². The van der Waals surface area contributed by atoms with Gasteiger partial charge in [0.05, 0.1) is 12.4 Å². The van der Waals surface area contributed by atoms with Crippen LogP contribution in [0.2, 0.25) is 10.0 Å². The zero-order valence-electron chi connectivity index (χ0n) is 14.2. The van der Waals surface area contributed by atoms with Crippen LogP contribution in [0.5, 0.6) is 0 Å². The number of hydrogen-bond acceptors (Lipinski definition) is 1. The van der Waals surface area contributed by atoms with E-state index in [1.807, 2.05) is 37.1 Å². The summed E-state index contributed by atoms with van der Waals surface area (Å²) in [5.41, 5.74) is 5.62. The van der Waals surface area contributed by atoms with Crippen molar-refractivity contribution < 1.29 is 0 Å². The molecule has 1 unspecified atom stereocenters. The summed E-state index contributed by atoms with van der Waals surface area (Å²) in [7, 11) is 0. The molecule has 0 saturated carbocycles. The largest absolute Gasteiger partial charge is 0.367 e. The quantitative estimate of drug-likeness (QED) is 0.453. The van der Waals surface area contributed by atoms with Gasteiger partial charge in [-0.2, -0.15) is 0 Å². The topological polar surface area (TPSA) is 33.6 Å². The van der Waals surface area contributed by atoms with Gasteiger partial charge in [0.1, 0.15) is 0 Å². The molecule has 0 radical (unpaired) electrons. The second-order valence-electron chi connectivity index (χ2n) is 6.27. The third-order valence-electron chi connectivity index (χ3n) is 4.51. The van der Waals surface area contributed by atoms with Crippen LogP contribution in [0.15, 0.2) is 73.6 Å². The molecule has 3 nitrogen and oxygen atoms in total. The molecule has 0 aliphatic carbocycles. The van der Waals surface area contributed by atoms with E-state index >= 15 is 0 Å². The maximum atomic E-state index is 6.55. The van der Waals surface area contributed by atoms with Crippen LogP contribution in [0.1, 0.15) is 22.7 Å². The van der Waals surface area contributed by atoms with Crippen molar-refractivity contribution in [2.45, 2.75) is 13.0 Å². The molecule has 0 fully saturated rings. The lowest BCUT2D eigenvalue weighted by molar-refractivity contribution is 0.679. The number of imidazole rings is 1. The van der Waals surface area contributed by atoms with E-state index in [-0.39, 0.29) is 6.04 Å². The maximum absolute atomic E-state index is 6.55. The number of benzene rings is 2. The van der Waals surface area contributed by atoms with E-state index in [0.717, 1.165) is 22.3 Å². The molecule has 2 heterocycles. The highest BCUT2D eigenvalue weighted by molar-refractivity contribution is 6.35. The van der Waals surface area contributed by atoms with Gasteiger partial charge >= 0.3 is 0 Å². The molecule has 1 atom stereocenters. The Morgan fingerprint density at radius 1 is 1.00 bits per heavy atom. The summed E-state index contributed by atoms with van der Waals surface area (Å²) in [5.74, 6) is 0.